The van der Waals surface area contributed by atoms with Gasteiger partial charge in [-0.3, -0.25) is 4.79 Å². The van der Waals surface area contributed by atoms with Gasteiger partial charge in [0.05, 0.1) is 16.9 Å². The highest BCUT2D eigenvalue weighted by atomic mass is 35.5. The second kappa shape index (κ2) is 9.37. The van der Waals surface area contributed by atoms with Crippen molar-refractivity contribution in [3.8, 4) is 11.4 Å². The summed E-state index contributed by atoms with van der Waals surface area (Å²) in [6.45, 7) is 8.08. The highest BCUT2D eigenvalue weighted by molar-refractivity contribution is 6.35. The number of rotatable bonds is 6. The van der Waals surface area contributed by atoms with Gasteiger partial charge in [0, 0.05) is 22.0 Å². The molecule has 1 aromatic heterocycles. The molecule has 0 atom stereocenters. The maximum Gasteiger partial charge on any atom is 0.277 e. The molecule has 0 saturated carbocycles. The van der Waals surface area contributed by atoms with Crippen molar-refractivity contribution >= 4 is 35.3 Å². The molecule has 0 aliphatic carbocycles. The number of aromatic nitrogens is 1. The number of para-hydroxylation sites is 1. The Bertz CT molecular complexity index is 1100. The van der Waals surface area contributed by atoms with Gasteiger partial charge in [-0.15, -0.1) is 0 Å². The normalized spacial score (nSPS) is 11.1. The smallest absolute Gasteiger partial charge is 0.277 e. The number of amides is 1. The van der Waals surface area contributed by atoms with Crippen molar-refractivity contribution in [1.82, 2.24) is 9.99 Å². The number of aryl methyl sites for hydroxylation is 3. The Morgan fingerprint density at radius 1 is 1.10 bits per heavy atom. The summed E-state index contributed by atoms with van der Waals surface area (Å²) in [5, 5.41) is 4.92. The molecule has 2 aromatic carbocycles. The minimum Gasteiger partial charge on any atom is -0.482 e. The molecule has 0 unspecified atom stereocenters. The number of hydrogen-bond donors (Lipinski definition) is 1. The van der Waals surface area contributed by atoms with Crippen LogP contribution < -0.4 is 10.2 Å². The number of ether oxygens (including phenoxy) is 1. The summed E-state index contributed by atoms with van der Waals surface area (Å²) >= 11 is 11.9. The highest BCUT2D eigenvalue weighted by Crippen LogP contribution is 2.27. The lowest BCUT2D eigenvalue weighted by molar-refractivity contribution is -0.123. The maximum absolute atomic E-state index is 12.0. The number of halogens is 2. The third-order valence-corrected chi connectivity index (χ3v) is 5.31. The van der Waals surface area contributed by atoms with Crippen LogP contribution in [0, 0.1) is 27.7 Å². The molecular weight excluding hydrogens is 421 g/mol. The zero-order chi connectivity index (χ0) is 21.8. The summed E-state index contributed by atoms with van der Waals surface area (Å²) in [5.41, 5.74) is 9.12. The van der Waals surface area contributed by atoms with Crippen LogP contribution in [-0.4, -0.2) is 23.3 Å². The van der Waals surface area contributed by atoms with Crippen LogP contribution in [0.3, 0.4) is 0 Å². The van der Waals surface area contributed by atoms with E-state index < -0.39 is 0 Å². The van der Waals surface area contributed by atoms with Crippen LogP contribution in [0.15, 0.2) is 47.6 Å². The van der Waals surface area contributed by atoms with Gasteiger partial charge in [0.15, 0.2) is 6.61 Å². The molecular formula is C23H23Cl2N3O2. The van der Waals surface area contributed by atoms with Crippen LogP contribution >= 0.6 is 23.2 Å². The Kier molecular flexibility index (Phi) is 6.85. The van der Waals surface area contributed by atoms with Gasteiger partial charge in [0.1, 0.15) is 5.75 Å². The molecule has 1 amide bonds. The maximum atomic E-state index is 12.0. The van der Waals surface area contributed by atoms with Crippen molar-refractivity contribution in [1.29, 1.82) is 0 Å². The number of hydrogen-bond acceptors (Lipinski definition) is 3. The molecule has 156 valence electrons. The Morgan fingerprint density at radius 3 is 2.47 bits per heavy atom. The molecule has 7 heteroatoms. The molecule has 1 N–H and O–H groups in total. The van der Waals surface area contributed by atoms with Gasteiger partial charge in [0.25, 0.3) is 5.91 Å². The van der Waals surface area contributed by atoms with Crippen molar-refractivity contribution in [2.24, 2.45) is 5.10 Å². The van der Waals surface area contributed by atoms with Crippen LogP contribution in [0.4, 0.5) is 0 Å². The van der Waals surface area contributed by atoms with Gasteiger partial charge in [0.2, 0.25) is 0 Å². The Morgan fingerprint density at radius 2 is 1.80 bits per heavy atom. The zero-order valence-electron chi connectivity index (χ0n) is 17.3. The van der Waals surface area contributed by atoms with Gasteiger partial charge in [-0.25, -0.2) is 5.43 Å². The first-order valence-corrected chi connectivity index (χ1v) is 10.2. The topological polar surface area (TPSA) is 55.6 Å². The van der Waals surface area contributed by atoms with Gasteiger partial charge >= 0.3 is 0 Å². The van der Waals surface area contributed by atoms with Crippen LogP contribution in [0.2, 0.25) is 10.0 Å². The fourth-order valence-corrected chi connectivity index (χ4v) is 3.83. The molecule has 0 fully saturated rings. The molecule has 0 bridgehead atoms. The monoisotopic (exact) mass is 443 g/mol. The van der Waals surface area contributed by atoms with E-state index in [1.54, 1.807) is 24.4 Å². The van der Waals surface area contributed by atoms with E-state index in [1.807, 2.05) is 13.0 Å². The molecule has 3 rings (SSSR count). The Labute approximate surface area is 186 Å². The number of nitrogens with zero attached hydrogens (tertiary/aromatic N) is 2. The molecule has 1 heterocycles. The molecule has 5 nitrogen and oxygen atoms in total. The molecule has 0 aliphatic rings. The minimum atomic E-state index is -0.388. The average Bonchev–Trinajstić information content (AvgIpc) is 2.95. The first kappa shape index (κ1) is 21.9. The van der Waals surface area contributed by atoms with Crippen molar-refractivity contribution in [2.45, 2.75) is 27.7 Å². The van der Waals surface area contributed by atoms with Crippen molar-refractivity contribution in [2.75, 3.05) is 6.61 Å². The fraction of sp³-hybridized carbons (Fsp3) is 0.217. The van der Waals surface area contributed by atoms with Crippen LogP contribution in [-0.2, 0) is 4.79 Å². The van der Waals surface area contributed by atoms with E-state index in [0.717, 1.165) is 17.0 Å². The predicted molar refractivity (Wildman–Crippen MR) is 122 cm³/mol. The molecule has 0 saturated heterocycles. The van der Waals surface area contributed by atoms with Crippen LogP contribution in [0.5, 0.6) is 5.75 Å². The number of hydrazone groups is 1. The first-order valence-electron chi connectivity index (χ1n) is 9.43. The van der Waals surface area contributed by atoms with E-state index in [-0.39, 0.29) is 12.5 Å². The van der Waals surface area contributed by atoms with Gasteiger partial charge in [-0.1, -0.05) is 41.4 Å². The van der Waals surface area contributed by atoms with E-state index in [4.69, 9.17) is 27.9 Å². The molecule has 0 aliphatic heterocycles. The predicted octanol–water partition coefficient (Wildman–Crippen LogP) is 5.55. The van der Waals surface area contributed by atoms with Crippen molar-refractivity contribution in [3.05, 3.63) is 80.6 Å². The fourth-order valence-electron chi connectivity index (χ4n) is 3.36. The quantitative estimate of drug-likeness (QED) is 0.401. The second-order valence-electron chi connectivity index (χ2n) is 7.06. The third-order valence-electron chi connectivity index (χ3n) is 4.78. The van der Waals surface area contributed by atoms with E-state index in [0.29, 0.717) is 15.8 Å². The van der Waals surface area contributed by atoms with Gasteiger partial charge in [-0.2, -0.15) is 5.10 Å². The average molecular weight is 444 g/mol. The number of carbonyl (C=O) groups excluding carboxylic acids is 1. The minimum absolute atomic E-state index is 0.208. The lowest BCUT2D eigenvalue weighted by Crippen LogP contribution is -2.24. The van der Waals surface area contributed by atoms with Crippen LogP contribution in [0.25, 0.3) is 5.69 Å². The van der Waals surface area contributed by atoms with Crippen molar-refractivity contribution < 1.29 is 9.53 Å². The lowest BCUT2D eigenvalue weighted by Gasteiger charge is -2.15. The first-order chi connectivity index (χ1) is 14.3. The largest absolute Gasteiger partial charge is 0.482 e. The van der Waals surface area contributed by atoms with Crippen molar-refractivity contribution in [3.63, 3.8) is 0 Å². The summed E-state index contributed by atoms with van der Waals surface area (Å²) in [7, 11) is 0. The Hall–Kier alpha value is -2.76. The van der Waals surface area contributed by atoms with E-state index in [9.17, 15) is 4.79 Å². The van der Waals surface area contributed by atoms with E-state index in [2.05, 4.69) is 54.1 Å². The summed E-state index contributed by atoms with van der Waals surface area (Å²) in [6.07, 6.45) is 1.64. The standard InChI is InChI=1S/C23H23Cl2N3O2/c1-14-6-5-7-15(2)23(14)28-16(3)10-18(17(28)4)12-26-27-22(29)13-30-21-9-8-19(24)11-20(21)25/h5-12H,13H2,1-4H3,(H,27,29)/b26-12-. The summed E-state index contributed by atoms with van der Waals surface area (Å²) in [4.78, 5) is 12.0. The number of carbonyl (C=O) groups is 1. The zero-order valence-corrected chi connectivity index (χ0v) is 18.8. The van der Waals surface area contributed by atoms with E-state index in [1.165, 1.54) is 16.8 Å². The SMILES string of the molecule is Cc1cccc(C)c1-n1c(C)cc(/C=N\NC(=O)COc2ccc(Cl)cc2Cl)c1C. The summed E-state index contributed by atoms with van der Waals surface area (Å²) in [6, 6.07) is 13.1. The highest BCUT2D eigenvalue weighted by Gasteiger charge is 2.13. The molecule has 0 radical (unpaired) electrons. The number of nitrogens with one attached hydrogen (secondary N) is 1. The summed E-state index contributed by atoms with van der Waals surface area (Å²) < 4.78 is 7.61. The van der Waals surface area contributed by atoms with Gasteiger partial charge in [-0.05, 0) is 63.1 Å². The van der Waals surface area contributed by atoms with Crippen LogP contribution in [0.1, 0.15) is 28.1 Å². The van der Waals surface area contributed by atoms with Gasteiger partial charge < -0.3 is 9.30 Å². The number of benzene rings is 2. The second-order valence-corrected chi connectivity index (χ2v) is 7.90. The molecule has 30 heavy (non-hydrogen) atoms. The lowest BCUT2D eigenvalue weighted by atomic mass is 10.1. The molecule has 3 aromatic rings. The molecule has 0 spiro atoms. The Balaban J connectivity index is 1.67. The summed E-state index contributed by atoms with van der Waals surface area (Å²) in [5.74, 6) is -0.00170. The third kappa shape index (κ3) is 4.86. The van der Waals surface area contributed by atoms with E-state index >= 15 is 0 Å².